The van der Waals surface area contributed by atoms with Gasteiger partial charge in [-0.05, 0) is 13.0 Å². The maximum absolute atomic E-state index is 9.07. The number of hydrogen-bond acceptors (Lipinski definition) is 3. The van der Waals surface area contributed by atoms with Crippen LogP contribution in [-0.2, 0) is 0 Å². The summed E-state index contributed by atoms with van der Waals surface area (Å²) in [5.41, 5.74) is 0. The van der Waals surface area contributed by atoms with E-state index >= 15 is 0 Å². The van der Waals surface area contributed by atoms with Crippen molar-refractivity contribution in [3.05, 3.63) is 0 Å². The smallest absolute Gasteiger partial charge is 0.0811 e. The molecule has 1 rings (SSSR count). The minimum absolute atomic E-state index is 0.105. The number of aliphatic hydroxyl groups excluding tert-OH is 2. The lowest BCUT2D eigenvalue weighted by Crippen LogP contribution is -2.25. The topological polar surface area (TPSA) is 52.5 Å². The van der Waals surface area contributed by atoms with Crippen LogP contribution >= 0.6 is 0 Å². The Hall–Kier alpha value is -0.120. The van der Waals surface area contributed by atoms with Crippen molar-refractivity contribution in [2.24, 2.45) is 5.92 Å². The van der Waals surface area contributed by atoms with Crippen molar-refractivity contribution in [3.8, 4) is 0 Å². The highest BCUT2D eigenvalue weighted by Gasteiger charge is 2.21. The number of aliphatic hydroxyl groups is 2. The Morgan fingerprint density at radius 1 is 1.67 bits per heavy atom. The molecule has 3 heteroatoms. The van der Waals surface area contributed by atoms with Gasteiger partial charge in [0.2, 0.25) is 0 Å². The van der Waals surface area contributed by atoms with Crippen molar-refractivity contribution in [2.45, 2.75) is 12.5 Å². The van der Waals surface area contributed by atoms with Crippen LogP contribution in [0.3, 0.4) is 0 Å². The first-order valence-corrected chi connectivity index (χ1v) is 3.34. The zero-order chi connectivity index (χ0) is 6.69. The van der Waals surface area contributed by atoms with Gasteiger partial charge in [0.15, 0.2) is 0 Å². The lowest BCUT2D eigenvalue weighted by atomic mass is 10.0. The molecular weight excluding hydrogens is 118 g/mol. The predicted molar refractivity (Wildman–Crippen MR) is 34.1 cm³/mol. The van der Waals surface area contributed by atoms with Gasteiger partial charge in [0.1, 0.15) is 0 Å². The Balaban J connectivity index is 2.24. The van der Waals surface area contributed by atoms with Crippen LogP contribution < -0.4 is 5.32 Å². The van der Waals surface area contributed by atoms with Crippen molar-refractivity contribution in [1.82, 2.24) is 5.32 Å². The first-order valence-electron chi connectivity index (χ1n) is 3.34. The van der Waals surface area contributed by atoms with E-state index in [0.717, 1.165) is 19.5 Å². The average Bonchev–Trinajstić information content (AvgIpc) is 2.37. The van der Waals surface area contributed by atoms with E-state index in [1.165, 1.54) is 0 Å². The third-order valence-corrected chi connectivity index (χ3v) is 1.83. The average molecular weight is 131 g/mol. The first-order chi connectivity index (χ1) is 4.34. The molecule has 0 aromatic rings. The van der Waals surface area contributed by atoms with Crippen molar-refractivity contribution in [1.29, 1.82) is 0 Å². The molecule has 0 aromatic heterocycles. The van der Waals surface area contributed by atoms with E-state index in [2.05, 4.69) is 5.32 Å². The van der Waals surface area contributed by atoms with Gasteiger partial charge in [-0.2, -0.15) is 0 Å². The highest BCUT2D eigenvalue weighted by Crippen LogP contribution is 2.11. The zero-order valence-corrected chi connectivity index (χ0v) is 5.38. The van der Waals surface area contributed by atoms with E-state index in [0.29, 0.717) is 0 Å². The van der Waals surface area contributed by atoms with Crippen LogP contribution in [0.5, 0.6) is 0 Å². The molecule has 0 saturated carbocycles. The maximum atomic E-state index is 9.07. The fourth-order valence-corrected chi connectivity index (χ4v) is 1.15. The highest BCUT2D eigenvalue weighted by atomic mass is 16.3. The molecule has 1 aliphatic rings. The summed E-state index contributed by atoms with van der Waals surface area (Å²) in [4.78, 5) is 0. The molecule has 0 amide bonds. The molecule has 9 heavy (non-hydrogen) atoms. The van der Waals surface area contributed by atoms with Gasteiger partial charge in [0, 0.05) is 12.5 Å². The van der Waals surface area contributed by atoms with Gasteiger partial charge >= 0.3 is 0 Å². The van der Waals surface area contributed by atoms with Gasteiger partial charge in [0.25, 0.3) is 0 Å². The minimum atomic E-state index is -0.514. The molecule has 1 aliphatic heterocycles. The number of hydrogen-bond donors (Lipinski definition) is 3. The largest absolute Gasteiger partial charge is 0.394 e. The van der Waals surface area contributed by atoms with Crippen LogP contribution in [0, 0.1) is 5.92 Å². The predicted octanol–water partition coefficient (Wildman–Crippen LogP) is -1.05. The summed E-state index contributed by atoms with van der Waals surface area (Å²) in [5.74, 6) is 0.273. The zero-order valence-electron chi connectivity index (χ0n) is 5.38. The summed E-state index contributed by atoms with van der Waals surface area (Å²) < 4.78 is 0. The SMILES string of the molecule is OC[C@@H](O)[C@@H]1CCNC1. The second-order valence-corrected chi connectivity index (χ2v) is 2.50. The number of rotatable bonds is 2. The van der Waals surface area contributed by atoms with Gasteiger partial charge in [0.05, 0.1) is 12.7 Å². The Kier molecular flexibility index (Phi) is 2.45. The molecule has 0 bridgehead atoms. The number of nitrogens with one attached hydrogen (secondary N) is 1. The van der Waals surface area contributed by atoms with Gasteiger partial charge in [-0.3, -0.25) is 0 Å². The Morgan fingerprint density at radius 2 is 2.44 bits per heavy atom. The Labute approximate surface area is 54.7 Å². The quantitative estimate of drug-likeness (QED) is 0.448. The fourth-order valence-electron chi connectivity index (χ4n) is 1.15. The molecule has 54 valence electrons. The van der Waals surface area contributed by atoms with Crippen LogP contribution in [0.15, 0.2) is 0 Å². The van der Waals surface area contributed by atoms with E-state index in [9.17, 15) is 0 Å². The third kappa shape index (κ3) is 1.64. The molecule has 1 fully saturated rings. The van der Waals surface area contributed by atoms with Crippen LogP contribution in [-0.4, -0.2) is 36.0 Å². The molecule has 2 atom stereocenters. The molecule has 3 nitrogen and oxygen atoms in total. The minimum Gasteiger partial charge on any atom is -0.394 e. The molecule has 0 unspecified atom stereocenters. The molecule has 0 aliphatic carbocycles. The standard InChI is InChI=1S/C6H13NO2/c8-4-6(9)5-1-2-7-3-5/h5-9H,1-4H2/t5-,6-/m1/s1. The molecule has 0 spiro atoms. The summed E-state index contributed by atoms with van der Waals surface area (Å²) in [6.07, 6.45) is 0.474. The summed E-state index contributed by atoms with van der Waals surface area (Å²) in [6, 6.07) is 0. The lowest BCUT2D eigenvalue weighted by Gasteiger charge is -2.12. The monoisotopic (exact) mass is 131 g/mol. The van der Waals surface area contributed by atoms with E-state index in [4.69, 9.17) is 10.2 Å². The summed E-state index contributed by atoms with van der Waals surface area (Å²) in [6.45, 7) is 1.72. The normalized spacial score (nSPS) is 30.7. The van der Waals surface area contributed by atoms with Crippen molar-refractivity contribution >= 4 is 0 Å². The summed E-state index contributed by atoms with van der Waals surface area (Å²) >= 11 is 0. The second kappa shape index (κ2) is 3.15. The molecule has 1 heterocycles. The van der Waals surface area contributed by atoms with Gasteiger partial charge in [-0.25, -0.2) is 0 Å². The van der Waals surface area contributed by atoms with Crippen LogP contribution in [0.2, 0.25) is 0 Å². The lowest BCUT2D eigenvalue weighted by molar-refractivity contribution is 0.0539. The van der Waals surface area contributed by atoms with Crippen molar-refractivity contribution in [3.63, 3.8) is 0 Å². The molecule has 0 radical (unpaired) electrons. The van der Waals surface area contributed by atoms with E-state index in [-0.39, 0.29) is 12.5 Å². The molecule has 3 N–H and O–H groups in total. The van der Waals surface area contributed by atoms with Crippen molar-refractivity contribution < 1.29 is 10.2 Å². The van der Waals surface area contributed by atoms with E-state index in [1.807, 2.05) is 0 Å². The van der Waals surface area contributed by atoms with Gasteiger partial charge in [-0.15, -0.1) is 0 Å². The van der Waals surface area contributed by atoms with Crippen LogP contribution in [0.4, 0.5) is 0 Å². The second-order valence-electron chi connectivity index (χ2n) is 2.50. The molecule has 1 saturated heterocycles. The fraction of sp³-hybridized carbons (Fsp3) is 1.00. The Morgan fingerprint density at radius 3 is 2.89 bits per heavy atom. The highest BCUT2D eigenvalue weighted by molar-refractivity contribution is 4.76. The Bertz CT molecular complexity index is 81.1. The van der Waals surface area contributed by atoms with Crippen molar-refractivity contribution in [2.75, 3.05) is 19.7 Å². The van der Waals surface area contributed by atoms with E-state index < -0.39 is 6.10 Å². The van der Waals surface area contributed by atoms with Gasteiger partial charge in [-0.1, -0.05) is 0 Å². The molecular formula is C6H13NO2. The maximum Gasteiger partial charge on any atom is 0.0811 e. The van der Waals surface area contributed by atoms with Gasteiger partial charge < -0.3 is 15.5 Å². The van der Waals surface area contributed by atoms with E-state index in [1.54, 1.807) is 0 Å². The van der Waals surface area contributed by atoms with Crippen LogP contribution in [0.25, 0.3) is 0 Å². The summed E-state index contributed by atoms with van der Waals surface area (Å²) in [7, 11) is 0. The third-order valence-electron chi connectivity index (χ3n) is 1.83. The first kappa shape index (κ1) is 6.99. The summed E-state index contributed by atoms with van der Waals surface area (Å²) in [5, 5.41) is 20.7. The molecule has 0 aromatic carbocycles. The van der Waals surface area contributed by atoms with Crippen LogP contribution in [0.1, 0.15) is 6.42 Å².